The first-order valence-corrected chi connectivity index (χ1v) is 9.89. The molecule has 1 amide bonds. The summed E-state index contributed by atoms with van der Waals surface area (Å²) >= 11 is 6.33. The summed E-state index contributed by atoms with van der Waals surface area (Å²) in [6.07, 6.45) is 0. The largest absolute Gasteiger partial charge is 0.377 e. The second-order valence-electron chi connectivity index (χ2n) is 5.77. The summed E-state index contributed by atoms with van der Waals surface area (Å²) in [7, 11) is 0. The van der Waals surface area contributed by atoms with Crippen molar-refractivity contribution in [3.05, 3.63) is 24.3 Å². The highest BCUT2D eigenvalue weighted by atomic mass is 32.2. The summed E-state index contributed by atoms with van der Waals surface area (Å²) in [6.45, 7) is 6.74. The third kappa shape index (κ3) is 11.5. The molecule has 1 aromatic carbocycles. The van der Waals surface area contributed by atoms with Gasteiger partial charge >= 0.3 is 0 Å². The van der Waals surface area contributed by atoms with E-state index >= 15 is 0 Å². The number of amides is 1. The second kappa shape index (κ2) is 14.2. The number of carbonyl (C=O) groups excluding carboxylic acids is 1. The topological polar surface area (TPSA) is 95.4 Å². The van der Waals surface area contributed by atoms with Gasteiger partial charge in [-0.3, -0.25) is 4.79 Å². The number of anilines is 1. The van der Waals surface area contributed by atoms with E-state index < -0.39 is 0 Å². The number of benzene rings is 1. The Hall–Kier alpha value is -1.86. The van der Waals surface area contributed by atoms with Crippen molar-refractivity contribution in [2.75, 3.05) is 44.8 Å². The number of nitrogens with zero attached hydrogens (tertiary/aromatic N) is 1. The van der Waals surface area contributed by atoms with Crippen molar-refractivity contribution in [3.8, 4) is 5.40 Å². The Morgan fingerprint density at radius 1 is 1.11 bits per heavy atom. The van der Waals surface area contributed by atoms with E-state index in [0.29, 0.717) is 44.6 Å². The van der Waals surface area contributed by atoms with Crippen LogP contribution in [0, 0.1) is 16.6 Å². The molecule has 0 aliphatic rings. The predicted molar refractivity (Wildman–Crippen MR) is 112 cm³/mol. The molecule has 9 heteroatoms. The molecule has 0 saturated carbocycles. The third-order valence-electron chi connectivity index (χ3n) is 3.25. The Kier molecular flexibility index (Phi) is 12.2. The fourth-order valence-corrected chi connectivity index (χ4v) is 2.44. The van der Waals surface area contributed by atoms with Crippen LogP contribution in [-0.4, -0.2) is 50.5 Å². The summed E-state index contributed by atoms with van der Waals surface area (Å²) in [6, 6.07) is 7.45. The smallest absolute Gasteiger partial charge is 0.222 e. The van der Waals surface area contributed by atoms with Crippen LogP contribution in [0.2, 0.25) is 0 Å². The number of nitrogens with one attached hydrogen (secondary N) is 3. The zero-order valence-corrected chi connectivity index (χ0v) is 17.3. The molecule has 27 heavy (non-hydrogen) atoms. The highest BCUT2D eigenvalue weighted by Crippen LogP contribution is 2.18. The number of rotatable bonds is 12. The number of hydrogen-bond donors (Lipinski definition) is 3. The summed E-state index contributed by atoms with van der Waals surface area (Å²) in [4.78, 5) is 12.2. The zero-order chi connectivity index (χ0) is 19.9. The Bertz CT molecular complexity index is 618. The lowest BCUT2D eigenvalue weighted by atomic mass is 10.2. The summed E-state index contributed by atoms with van der Waals surface area (Å²) in [5.74, 6) is 0.0193. The van der Waals surface area contributed by atoms with E-state index in [0.717, 1.165) is 22.3 Å². The van der Waals surface area contributed by atoms with E-state index in [1.54, 1.807) is 0 Å². The monoisotopic (exact) mass is 410 g/mol. The lowest BCUT2D eigenvalue weighted by molar-refractivity contribution is -0.124. The Morgan fingerprint density at radius 3 is 2.26 bits per heavy atom. The lowest BCUT2D eigenvalue weighted by Gasteiger charge is -2.11. The van der Waals surface area contributed by atoms with Crippen LogP contribution in [-0.2, 0) is 14.3 Å². The van der Waals surface area contributed by atoms with Gasteiger partial charge < -0.3 is 25.4 Å². The Morgan fingerprint density at radius 2 is 1.70 bits per heavy atom. The first kappa shape index (κ1) is 23.2. The molecule has 0 radical (unpaired) electrons. The summed E-state index contributed by atoms with van der Waals surface area (Å²) in [5, 5.41) is 20.1. The van der Waals surface area contributed by atoms with Gasteiger partial charge in [0, 0.05) is 29.6 Å². The molecule has 0 fully saturated rings. The van der Waals surface area contributed by atoms with E-state index in [4.69, 9.17) is 27.0 Å². The average Bonchev–Trinajstić information content (AvgIpc) is 2.64. The van der Waals surface area contributed by atoms with Crippen LogP contribution in [0.15, 0.2) is 29.2 Å². The molecule has 148 valence electrons. The van der Waals surface area contributed by atoms with Gasteiger partial charge in [0.15, 0.2) is 5.11 Å². The molecule has 0 aromatic heterocycles. The van der Waals surface area contributed by atoms with Gasteiger partial charge in [-0.2, -0.15) is 5.26 Å². The van der Waals surface area contributed by atoms with Crippen LogP contribution < -0.4 is 16.0 Å². The van der Waals surface area contributed by atoms with Crippen LogP contribution in [0.25, 0.3) is 0 Å². The fourth-order valence-electron chi connectivity index (χ4n) is 1.84. The van der Waals surface area contributed by atoms with Crippen molar-refractivity contribution in [3.63, 3.8) is 0 Å². The van der Waals surface area contributed by atoms with Crippen LogP contribution in [0.1, 0.15) is 13.8 Å². The van der Waals surface area contributed by atoms with Crippen LogP contribution in [0.5, 0.6) is 0 Å². The summed E-state index contributed by atoms with van der Waals surface area (Å²) in [5.41, 5.74) is 0.855. The minimum Gasteiger partial charge on any atom is -0.377 e. The van der Waals surface area contributed by atoms with Crippen molar-refractivity contribution >= 4 is 40.7 Å². The van der Waals surface area contributed by atoms with Gasteiger partial charge in [0.05, 0.1) is 26.4 Å². The number of hydrogen-bond acceptors (Lipinski definition) is 6. The van der Waals surface area contributed by atoms with Crippen molar-refractivity contribution in [2.24, 2.45) is 5.92 Å². The first-order valence-electron chi connectivity index (χ1n) is 8.67. The molecule has 0 bridgehead atoms. The van der Waals surface area contributed by atoms with E-state index in [1.807, 2.05) is 43.5 Å². The number of thiocyanates is 1. The van der Waals surface area contributed by atoms with E-state index in [-0.39, 0.29) is 11.8 Å². The fraction of sp³-hybridized carbons (Fsp3) is 0.500. The highest BCUT2D eigenvalue weighted by Gasteiger charge is 2.04. The van der Waals surface area contributed by atoms with E-state index in [9.17, 15) is 4.79 Å². The average molecular weight is 411 g/mol. The van der Waals surface area contributed by atoms with Crippen LogP contribution in [0.3, 0.4) is 0 Å². The molecule has 1 aromatic rings. The highest BCUT2D eigenvalue weighted by molar-refractivity contribution is 8.03. The van der Waals surface area contributed by atoms with Crippen molar-refractivity contribution < 1.29 is 14.3 Å². The quantitative estimate of drug-likeness (QED) is 0.209. The SMILES string of the molecule is CC(C)C(=O)NCCOCCOCCNC(=S)Nc1ccc(SC#N)cc1. The van der Waals surface area contributed by atoms with Gasteiger partial charge in [-0.05, 0) is 48.2 Å². The van der Waals surface area contributed by atoms with Gasteiger partial charge in [0.2, 0.25) is 5.91 Å². The van der Waals surface area contributed by atoms with Crippen molar-refractivity contribution in [1.82, 2.24) is 10.6 Å². The normalized spacial score (nSPS) is 10.3. The molecule has 0 heterocycles. The van der Waals surface area contributed by atoms with Crippen molar-refractivity contribution in [1.29, 1.82) is 5.26 Å². The Balaban J connectivity index is 1.98. The molecule has 1 rings (SSSR count). The molecular weight excluding hydrogens is 384 g/mol. The number of carbonyl (C=O) groups is 1. The molecule has 0 aliphatic heterocycles. The number of nitriles is 1. The summed E-state index contributed by atoms with van der Waals surface area (Å²) < 4.78 is 10.8. The molecule has 0 atom stereocenters. The number of thioether (sulfide) groups is 1. The van der Waals surface area contributed by atoms with Gasteiger partial charge in [-0.1, -0.05) is 13.8 Å². The number of thiocarbonyl (C=S) groups is 1. The maximum Gasteiger partial charge on any atom is 0.222 e. The molecule has 7 nitrogen and oxygen atoms in total. The zero-order valence-electron chi connectivity index (χ0n) is 15.6. The van der Waals surface area contributed by atoms with Gasteiger partial charge in [-0.25, -0.2) is 0 Å². The first-order chi connectivity index (χ1) is 13.0. The predicted octanol–water partition coefficient (Wildman–Crippen LogP) is 2.35. The van der Waals surface area contributed by atoms with Crippen LogP contribution in [0.4, 0.5) is 5.69 Å². The molecule has 0 unspecified atom stereocenters. The minimum absolute atomic E-state index is 0.0108. The molecule has 0 saturated heterocycles. The van der Waals surface area contributed by atoms with Crippen molar-refractivity contribution in [2.45, 2.75) is 18.7 Å². The molecule has 3 N–H and O–H groups in total. The van der Waals surface area contributed by atoms with E-state index in [2.05, 4.69) is 16.0 Å². The lowest BCUT2D eigenvalue weighted by Crippen LogP contribution is -2.32. The molecule has 0 spiro atoms. The maximum atomic E-state index is 11.3. The second-order valence-corrected chi connectivity index (χ2v) is 7.04. The van der Waals surface area contributed by atoms with Crippen LogP contribution >= 0.6 is 24.0 Å². The maximum absolute atomic E-state index is 11.3. The molecule has 0 aliphatic carbocycles. The minimum atomic E-state index is -0.0108. The molecular formula is C18H26N4O3S2. The van der Waals surface area contributed by atoms with E-state index in [1.165, 1.54) is 0 Å². The van der Waals surface area contributed by atoms with Gasteiger partial charge in [0.1, 0.15) is 5.40 Å². The Labute approximate surface area is 170 Å². The van der Waals surface area contributed by atoms with Gasteiger partial charge in [-0.15, -0.1) is 0 Å². The van der Waals surface area contributed by atoms with Gasteiger partial charge in [0.25, 0.3) is 0 Å². The third-order valence-corrected chi connectivity index (χ3v) is 4.10. The standard InChI is InChI=1S/C18H26N4O3S2/c1-14(2)17(23)20-7-9-24-11-12-25-10-8-21-18(26)22-15-3-5-16(6-4-15)27-13-19/h3-6,14H,7-12H2,1-2H3,(H,20,23)(H2,21,22,26). The number of ether oxygens (including phenoxy) is 2.